The second-order valence-electron chi connectivity index (χ2n) is 6.04. The van der Waals surface area contributed by atoms with Gasteiger partial charge in [-0.3, -0.25) is 0 Å². The van der Waals surface area contributed by atoms with Crippen molar-refractivity contribution in [1.82, 2.24) is 0 Å². The average Bonchev–Trinajstić information content (AvgIpc) is 2.42. The summed E-state index contributed by atoms with van der Waals surface area (Å²) in [6.45, 7) is 4.85. The number of hydrogen-bond acceptors (Lipinski definition) is 2. The summed E-state index contributed by atoms with van der Waals surface area (Å²) in [4.78, 5) is 0. The molecular formula is C18H21NO. The number of fused-ring (bicyclic) bond motifs is 1. The Kier molecular flexibility index (Phi) is 3.27. The largest absolute Gasteiger partial charge is 0.491 e. The summed E-state index contributed by atoms with van der Waals surface area (Å²) in [6, 6.07) is 14.7. The van der Waals surface area contributed by atoms with E-state index in [0.29, 0.717) is 6.61 Å². The second kappa shape index (κ2) is 4.95. The van der Waals surface area contributed by atoms with Crippen LogP contribution in [0.4, 0.5) is 0 Å². The third-order valence-corrected chi connectivity index (χ3v) is 4.08. The standard InChI is InChI=1S/C18H21NO/c1-13-7-8-14(2)16(9-13)11-18(19)10-15-5-3-4-6-17(15)20-12-18/h3-9H,10-12,19H2,1-2H3. The van der Waals surface area contributed by atoms with Crippen molar-refractivity contribution in [2.24, 2.45) is 5.73 Å². The molecule has 3 rings (SSSR count). The van der Waals surface area contributed by atoms with E-state index >= 15 is 0 Å². The molecular weight excluding hydrogens is 246 g/mol. The van der Waals surface area contributed by atoms with E-state index < -0.39 is 0 Å². The highest BCUT2D eigenvalue weighted by Gasteiger charge is 2.32. The van der Waals surface area contributed by atoms with Gasteiger partial charge in [0.1, 0.15) is 12.4 Å². The minimum Gasteiger partial charge on any atom is -0.491 e. The molecule has 0 saturated heterocycles. The summed E-state index contributed by atoms with van der Waals surface area (Å²) in [5.74, 6) is 0.981. The summed E-state index contributed by atoms with van der Waals surface area (Å²) in [6.07, 6.45) is 1.73. The number of para-hydroxylation sites is 1. The quantitative estimate of drug-likeness (QED) is 0.907. The number of ether oxygens (including phenoxy) is 1. The lowest BCUT2D eigenvalue weighted by Crippen LogP contribution is -2.51. The summed E-state index contributed by atoms with van der Waals surface area (Å²) in [5.41, 5.74) is 11.4. The normalized spacial score (nSPS) is 21.1. The Bertz CT molecular complexity index is 635. The fourth-order valence-electron chi connectivity index (χ4n) is 2.93. The van der Waals surface area contributed by atoms with Crippen LogP contribution < -0.4 is 10.5 Å². The van der Waals surface area contributed by atoms with Crippen LogP contribution >= 0.6 is 0 Å². The Hall–Kier alpha value is -1.80. The number of nitrogens with two attached hydrogens (primary N) is 1. The first-order valence-corrected chi connectivity index (χ1v) is 7.11. The topological polar surface area (TPSA) is 35.2 Å². The van der Waals surface area contributed by atoms with Crippen molar-refractivity contribution in [3.63, 3.8) is 0 Å². The van der Waals surface area contributed by atoms with Crippen LogP contribution in [0.5, 0.6) is 5.75 Å². The maximum Gasteiger partial charge on any atom is 0.122 e. The molecule has 0 spiro atoms. The van der Waals surface area contributed by atoms with Crippen molar-refractivity contribution in [2.45, 2.75) is 32.2 Å². The van der Waals surface area contributed by atoms with Crippen molar-refractivity contribution in [1.29, 1.82) is 0 Å². The lowest BCUT2D eigenvalue weighted by atomic mass is 9.83. The predicted molar refractivity (Wildman–Crippen MR) is 82.2 cm³/mol. The molecule has 0 amide bonds. The Labute approximate surface area is 120 Å². The Morgan fingerprint density at radius 3 is 2.80 bits per heavy atom. The molecule has 0 saturated carbocycles. The molecule has 104 valence electrons. The van der Waals surface area contributed by atoms with Gasteiger partial charge in [0.2, 0.25) is 0 Å². The minimum atomic E-state index is -0.313. The molecule has 2 heteroatoms. The second-order valence-corrected chi connectivity index (χ2v) is 6.04. The first kappa shape index (κ1) is 13.2. The molecule has 1 aliphatic heterocycles. The number of benzene rings is 2. The fourth-order valence-corrected chi connectivity index (χ4v) is 2.93. The molecule has 1 atom stereocenters. The van der Waals surface area contributed by atoms with Crippen LogP contribution in [0.15, 0.2) is 42.5 Å². The average molecular weight is 267 g/mol. The van der Waals surface area contributed by atoms with Gasteiger partial charge < -0.3 is 10.5 Å². The molecule has 1 heterocycles. The van der Waals surface area contributed by atoms with Crippen LogP contribution in [0.3, 0.4) is 0 Å². The summed E-state index contributed by atoms with van der Waals surface area (Å²) >= 11 is 0. The van der Waals surface area contributed by atoms with Gasteiger partial charge in [-0.05, 0) is 49.4 Å². The van der Waals surface area contributed by atoms with Gasteiger partial charge in [-0.2, -0.15) is 0 Å². The molecule has 20 heavy (non-hydrogen) atoms. The fraction of sp³-hybridized carbons (Fsp3) is 0.333. The lowest BCUT2D eigenvalue weighted by Gasteiger charge is -2.35. The summed E-state index contributed by atoms with van der Waals surface area (Å²) < 4.78 is 5.86. The van der Waals surface area contributed by atoms with Gasteiger partial charge in [0, 0.05) is 0 Å². The molecule has 0 aromatic heterocycles. The highest BCUT2D eigenvalue weighted by molar-refractivity contribution is 5.39. The van der Waals surface area contributed by atoms with Crippen molar-refractivity contribution in [3.05, 3.63) is 64.7 Å². The van der Waals surface area contributed by atoms with Crippen LogP contribution in [0, 0.1) is 13.8 Å². The molecule has 1 aliphatic rings. The Morgan fingerprint density at radius 1 is 1.15 bits per heavy atom. The maximum atomic E-state index is 6.60. The molecule has 2 aromatic carbocycles. The summed E-state index contributed by atoms with van der Waals surface area (Å²) in [5, 5.41) is 0. The predicted octanol–water partition coefficient (Wildman–Crippen LogP) is 3.18. The van der Waals surface area contributed by atoms with Gasteiger partial charge in [-0.1, -0.05) is 42.0 Å². The van der Waals surface area contributed by atoms with E-state index in [1.807, 2.05) is 18.2 Å². The van der Waals surface area contributed by atoms with Crippen molar-refractivity contribution in [2.75, 3.05) is 6.61 Å². The summed E-state index contributed by atoms with van der Waals surface area (Å²) in [7, 11) is 0. The van der Waals surface area contributed by atoms with E-state index in [-0.39, 0.29) is 5.54 Å². The maximum absolute atomic E-state index is 6.60. The molecule has 0 radical (unpaired) electrons. The van der Waals surface area contributed by atoms with Gasteiger partial charge in [-0.15, -0.1) is 0 Å². The lowest BCUT2D eigenvalue weighted by molar-refractivity contribution is 0.189. The molecule has 0 aliphatic carbocycles. The Balaban J connectivity index is 1.86. The molecule has 0 fully saturated rings. The van der Waals surface area contributed by atoms with E-state index in [1.165, 1.54) is 22.3 Å². The van der Waals surface area contributed by atoms with Crippen LogP contribution in [-0.2, 0) is 12.8 Å². The molecule has 2 aromatic rings. The molecule has 2 N–H and O–H groups in total. The van der Waals surface area contributed by atoms with E-state index in [9.17, 15) is 0 Å². The van der Waals surface area contributed by atoms with Crippen LogP contribution in [-0.4, -0.2) is 12.1 Å². The zero-order valence-corrected chi connectivity index (χ0v) is 12.1. The Morgan fingerprint density at radius 2 is 1.95 bits per heavy atom. The molecule has 0 bridgehead atoms. The van der Waals surface area contributed by atoms with E-state index in [4.69, 9.17) is 10.5 Å². The zero-order valence-electron chi connectivity index (χ0n) is 12.1. The van der Waals surface area contributed by atoms with Crippen molar-refractivity contribution < 1.29 is 4.74 Å². The highest BCUT2D eigenvalue weighted by atomic mass is 16.5. The van der Waals surface area contributed by atoms with E-state index in [0.717, 1.165) is 18.6 Å². The van der Waals surface area contributed by atoms with Gasteiger partial charge in [0.25, 0.3) is 0 Å². The zero-order chi connectivity index (χ0) is 14.2. The van der Waals surface area contributed by atoms with E-state index in [1.54, 1.807) is 0 Å². The van der Waals surface area contributed by atoms with Crippen LogP contribution in [0.1, 0.15) is 22.3 Å². The molecule has 1 unspecified atom stereocenters. The van der Waals surface area contributed by atoms with E-state index in [2.05, 4.69) is 38.1 Å². The monoisotopic (exact) mass is 267 g/mol. The van der Waals surface area contributed by atoms with Crippen molar-refractivity contribution in [3.8, 4) is 5.75 Å². The highest BCUT2D eigenvalue weighted by Crippen LogP contribution is 2.30. The third-order valence-electron chi connectivity index (χ3n) is 4.08. The SMILES string of the molecule is Cc1ccc(C)c(CC2(N)COc3ccccc3C2)c1. The van der Waals surface area contributed by atoms with Gasteiger partial charge in [0.05, 0.1) is 5.54 Å². The smallest absolute Gasteiger partial charge is 0.122 e. The van der Waals surface area contributed by atoms with Gasteiger partial charge in [0.15, 0.2) is 0 Å². The molecule has 2 nitrogen and oxygen atoms in total. The number of rotatable bonds is 2. The minimum absolute atomic E-state index is 0.313. The third kappa shape index (κ3) is 2.56. The number of hydrogen-bond donors (Lipinski definition) is 1. The van der Waals surface area contributed by atoms with Crippen LogP contribution in [0.25, 0.3) is 0 Å². The number of aryl methyl sites for hydroxylation is 2. The van der Waals surface area contributed by atoms with Gasteiger partial charge in [-0.25, -0.2) is 0 Å². The first-order chi connectivity index (χ1) is 9.56. The van der Waals surface area contributed by atoms with Crippen molar-refractivity contribution >= 4 is 0 Å². The van der Waals surface area contributed by atoms with Crippen LogP contribution in [0.2, 0.25) is 0 Å². The first-order valence-electron chi connectivity index (χ1n) is 7.11. The van der Waals surface area contributed by atoms with Gasteiger partial charge >= 0.3 is 0 Å².